The van der Waals surface area contributed by atoms with Gasteiger partial charge in [0.1, 0.15) is 5.75 Å². The highest BCUT2D eigenvalue weighted by molar-refractivity contribution is 5.81. The van der Waals surface area contributed by atoms with Crippen molar-refractivity contribution >= 4 is 11.8 Å². The van der Waals surface area contributed by atoms with Crippen molar-refractivity contribution in [1.82, 2.24) is 10.2 Å². The molecule has 0 saturated carbocycles. The lowest BCUT2D eigenvalue weighted by atomic mass is 9.92. The normalized spacial score (nSPS) is 17.7. The second-order valence-corrected chi connectivity index (χ2v) is 8.19. The number of amides is 2. The third-order valence-electron chi connectivity index (χ3n) is 4.65. The van der Waals surface area contributed by atoms with Crippen LogP contribution in [0.4, 0.5) is 0 Å². The van der Waals surface area contributed by atoms with Crippen molar-refractivity contribution in [2.24, 2.45) is 11.3 Å². The fourth-order valence-corrected chi connectivity index (χ4v) is 3.05. The van der Waals surface area contributed by atoms with Crippen LogP contribution in [0.25, 0.3) is 0 Å². The zero-order valence-electron chi connectivity index (χ0n) is 16.3. The highest BCUT2D eigenvalue weighted by atomic mass is 16.5. The largest absolute Gasteiger partial charge is 0.493 e. The summed E-state index contributed by atoms with van der Waals surface area (Å²) in [6.45, 7) is 8.80. The maximum atomic E-state index is 12.4. The summed E-state index contributed by atoms with van der Waals surface area (Å²) < 4.78 is 5.60. The number of nitrogens with one attached hydrogen (secondary N) is 1. The van der Waals surface area contributed by atoms with E-state index in [2.05, 4.69) is 26.1 Å². The van der Waals surface area contributed by atoms with E-state index >= 15 is 0 Å². The van der Waals surface area contributed by atoms with E-state index in [4.69, 9.17) is 4.74 Å². The topological polar surface area (TPSA) is 58.6 Å². The molecule has 26 heavy (non-hydrogen) atoms. The van der Waals surface area contributed by atoms with Gasteiger partial charge < -0.3 is 15.0 Å². The van der Waals surface area contributed by atoms with E-state index in [0.717, 1.165) is 31.6 Å². The molecule has 0 spiro atoms. The quantitative estimate of drug-likeness (QED) is 0.812. The molecule has 5 heteroatoms. The Hall–Kier alpha value is -2.04. The summed E-state index contributed by atoms with van der Waals surface area (Å²) in [4.78, 5) is 26.6. The van der Waals surface area contributed by atoms with Crippen LogP contribution >= 0.6 is 0 Å². The Labute approximate surface area is 157 Å². The van der Waals surface area contributed by atoms with Crippen LogP contribution < -0.4 is 10.1 Å². The number of hydrogen-bond donors (Lipinski definition) is 1. The Morgan fingerprint density at radius 3 is 2.65 bits per heavy atom. The van der Waals surface area contributed by atoms with Crippen LogP contribution in [-0.4, -0.2) is 43.0 Å². The summed E-state index contributed by atoms with van der Waals surface area (Å²) >= 11 is 0. The van der Waals surface area contributed by atoms with Gasteiger partial charge in [0.15, 0.2) is 0 Å². The standard InChI is InChI=1S/C21H32N2O3/c1-21(2,3)12-13-22-20(25)17-8-7-14-23(16-17)19(24)11-15-26-18-9-5-4-6-10-18/h4-6,9-10,17H,7-8,11-16H2,1-3H3,(H,22,25). The number of ether oxygens (including phenoxy) is 1. The maximum absolute atomic E-state index is 12.4. The Morgan fingerprint density at radius 2 is 1.96 bits per heavy atom. The van der Waals surface area contributed by atoms with Crippen LogP contribution in [0.15, 0.2) is 30.3 Å². The summed E-state index contributed by atoms with van der Waals surface area (Å²) in [7, 11) is 0. The van der Waals surface area contributed by atoms with Gasteiger partial charge in [0.25, 0.3) is 0 Å². The Balaban J connectivity index is 1.72. The van der Waals surface area contributed by atoms with E-state index in [-0.39, 0.29) is 23.1 Å². The van der Waals surface area contributed by atoms with E-state index in [0.29, 0.717) is 26.1 Å². The fourth-order valence-electron chi connectivity index (χ4n) is 3.05. The average molecular weight is 360 g/mol. The molecule has 1 N–H and O–H groups in total. The van der Waals surface area contributed by atoms with Gasteiger partial charge in [-0.05, 0) is 36.8 Å². The highest BCUT2D eigenvalue weighted by Gasteiger charge is 2.28. The van der Waals surface area contributed by atoms with Gasteiger partial charge in [0, 0.05) is 19.6 Å². The van der Waals surface area contributed by atoms with Crippen molar-refractivity contribution in [2.45, 2.75) is 46.5 Å². The molecule has 0 bridgehead atoms. The molecule has 2 amide bonds. The molecule has 144 valence electrons. The Bertz CT molecular complexity index is 581. The number of carbonyl (C=O) groups is 2. The first-order valence-electron chi connectivity index (χ1n) is 9.58. The van der Waals surface area contributed by atoms with Gasteiger partial charge in [0.05, 0.1) is 18.9 Å². The molecule has 1 aromatic carbocycles. The van der Waals surface area contributed by atoms with E-state index in [1.54, 1.807) is 0 Å². The van der Waals surface area contributed by atoms with Crippen molar-refractivity contribution in [3.05, 3.63) is 30.3 Å². The lowest BCUT2D eigenvalue weighted by molar-refractivity contribution is -0.136. The first-order valence-corrected chi connectivity index (χ1v) is 9.58. The predicted molar refractivity (Wildman–Crippen MR) is 103 cm³/mol. The number of rotatable bonds is 7. The molecular weight excluding hydrogens is 328 g/mol. The van der Waals surface area contributed by atoms with E-state index in [9.17, 15) is 9.59 Å². The van der Waals surface area contributed by atoms with Crippen LogP contribution in [0.5, 0.6) is 5.75 Å². The summed E-state index contributed by atoms with van der Waals surface area (Å²) in [5.74, 6) is 0.818. The molecule has 1 heterocycles. The van der Waals surface area contributed by atoms with Gasteiger partial charge >= 0.3 is 0 Å². The number of piperidine rings is 1. The van der Waals surface area contributed by atoms with Crippen molar-refractivity contribution in [3.63, 3.8) is 0 Å². The van der Waals surface area contributed by atoms with Gasteiger partial charge in [-0.15, -0.1) is 0 Å². The van der Waals surface area contributed by atoms with Gasteiger partial charge in [-0.3, -0.25) is 9.59 Å². The van der Waals surface area contributed by atoms with Crippen LogP contribution in [0.2, 0.25) is 0 Å². The van der Waals surface area contributed by atoms with Gasteiger partial charge in [-0.2, -0.15) is 0 Å². The van der Waals surface area contributed by atoms with Gasteiger partial charge in [0.2, 0.25) is 11.8 Å². The SMILES string of the molecule is CC(C)(C)CCNC(=O)C1CCCN(C(=O)CCOc2ccccc2)C1. The zero-order chi connectivity index (χ0) is 19.0. The minimum absolute atomic E-state index is 0.0631. The van der Waals surface area contributed by atoms with Gasteiger partial charge in [-0.25, -0.2) is 0 Å². The molecule has 1 fully saturated rings. The third kappa shape index (κ3) is 7.06. The van der Waals surface area contributed by atoms with E-state index in [1.807, 2.05) is 35.2 Å². The molecule has 1 atom stereocenters. The second kappa shape index (κ2) is 9.60. The maximum Gasteiger partial charge on any atom is 0.226 e. The molecule has 1 aliphatic rings. The number of benzene rings is 1. The van der Waals surface area contributed by atoms with Gasteiger partial charge in [-0.1, -0.05) is 39.0 Å². The summed E-state index contributed by atoms with van der Waals surface area (Å²) in [5.41, 5.74) is 0.209. The number of likely N-dealkylation sites (tertiary alicyclic amines) is 1. The van der Waals surface area contributed by atoms with Crippen LogP contribution in [0.1, 0.15) is 46.5 Å². The zero-order valence-corrected chi connectivity index (χ0v) is 16.3. The monoisotopic (exact) mass is 360 g/mol. The molecule has 1 aromatic rings. The molecule has 2 rings (SSSR count). The van der Waals surface area contributed by atoms with Crippen LogP contribution in [0, 0.1) is 11.3 Å². The van der Waals surface area contributed by atoms with E-state index in [1.165, 1.54) is 0 Å². The first kappa shape index (κ1) is 20.3. The Morgan fingerprint density at radius 1 is 1.23 bits per heavy atom. The summed E-state index contributed by atoms with van der Waals surface area (Å²) in [5, 5.41) is 3.03. The number of nitrogens with zero attached hydrogens (tertiary/aromatic N) is 1. The Kier molecular flexibility index (Phi) is 7.49. The van der Waals surface area contributed by atoms with Crippen molar-refractivity contribution in [3.8, 4) is 5.75 Å². The minimum Gasteiger partial charge on any atom is -0.493 e. The number of carbonyl (C=O) groups excluding carboxylic acids is 2. The van der Waals surface area contributed by atoms with Crippen LogP contribution in [-0.2, 0) is 9.59 Å². The van der Waals surface area contributed by atoms with Crippen molar-refractivity contribution < 1.29 is 14.3 Å². The molecule has 0 aliphatic carbocycles. The summed E-state index contributed by atoms with van der Waals surface area (Å²) in [6.07, 6.45) is 3.02. The molecule has 1 unspecified atom stereocenters. The molecule has 0 radical (unpaired) electrons. The van der Waals surface area contributed by atoms with Crippen molar-refractivity contribution in [2.75, 3.05) is 26.2 Å². The lowest BCUT2D eigenvalue weighted by Gasteiger charge is -2.32. The smallest absolute Gasteiger partial charge is 0.226 e. The first-order chi connectivity index (χ1) is 12.3. The predicted octanol–water partition coefficient (Wildman–Crippen LogP) is 3.25. The van der Waals surface area contributed by atoms with E-state index < -0.39 is 0 Å². The average Bonchev–Trinajstić information content (AvgIpc) is 2.61. The summed E-state index contributed by atoms with van der Waals surface area (Å²) in [6, 6.07) is 9.50. The molecular formula is C21H32N2O3. The second-order valence-electron chi connectivity index (χ2n) is 8.19. The number of hydrogen-bond acceptors (Lipinski definition) is 3. The molecule has 1 saturated heterocycles. The number of para-hydroxylation sites is 1. The minimum atomic E-state index is -0.0947. The molecule has 1 aliphatic heterocycles. The van der Waals surface area contributed by atoms with Crippen LogP contribution in [0.3, 0.4) is 0 Å². The third-order valence-corrected chi connectivity index (χ3v) is 4.65. The van der Waals surface area contributed by atoms with Crippen molar-refractivity contribution in [1.29, 1.82) is 0 Å². The molecule has 5 nitrogen and oxygen atoms in total. The fraction of sp³-hybridized carbons (Fsp3) is 0.619. The highest BCUT2D eigenvalue weighted by Crippen LogP contribution is 2.19. The lowest BCUT2D eigenvalue weighted by Crippen LogP contribution is -2.46. The molecule has 0 aromatic heterocycles.